The summed E-state index contributed by atoms with van der Waals surface area (Å²) in [7, 11) is -16.9. The van der Waals surface area contributed by atoms with Gasteiger partial charge in [-0.2, -0.15) is 8.61 Å². The zero-order valence-corrected chi connectivity index (χ0v) is 25.0. The third kappa shape index (κ3) is 4.18. The zero-order chi connectivity index (χ0) is 29.7. The van der Waals surface area contributed by atoms with Crippen LogP contribution in [0.2, 0.25) is 0 Å². The van der Waals surface area contributed by atoms with Crippen LogP contribution < -0.4 is 0 Å². The van der Waals surface area contributed by atoms with Gasteiger partial charge in [-0.15, -0.1) is 0 Å². The van der Waals surface area contributed by atoms with Crippen molar-refractivity contribution in [3.8, 4) is 0 Å². The van der Waals surface area contributed by atoms with E-state index in [0.29, 0.717) is 10.8 Å². The average Bonchev–Trinajstić information content (AvgIpc) is 3.42. The normalized spacial score (nSPS) is 27.6. The average molecular weight is 649 g/mol. The van der Waals surface area contributed by atoms with Crippen molar-refractivity contribution in [2.75, 3.05) is 23.0 Å². The lowest BCUT2D eigenvalue weighted by molar-refractivity contribution is 0.0842. The molecule has 7 rings (SSSR count). The third-order valence-corrected chi connectivity index (χ3v) is 15.6. The Hall–Kier alpha value is -3.02. The molecule has 0 unspecified atom stereocenters. The molecule has 4 aromatic rings. The van der Waals surface area contributed by atoms with Crippen molar-refractivity contribution in [3.05, 3.63) is 73.1 Å². The predicted molar refractivity (Wildman–Crippen MR) is 154 cm³/mol. The lowest BCUT2D eigenvalue weighted by atomic mass is 10.0. The fraction of sp³-hybridized carbons (Fsp3) is 0.308. The van der Waals surface area contributed by atoms with E-state index in [9.17, 15) is 33.7 Å². The monoisotopic (exact) mass is 648 g/mol. The molecule has 12 nitrogen and oxygen atoms in total. The number of hydrogen-bond donors (Lipinski definition) is 0. The van der Waals surface area contributed by atoms with E-state index in [4.69, 9.17) is 0 Å². The molecule has 2 aromatic heterocycles. The summed E-state index contributed by atoms with van der Waals surface area (Å²) in [6, 6.07) is 10.3. The van der Waals surface area contributed by atoms with Gasteiger partial charge in [-0.1, -0.05) is 36.4 Å². The lowest BCUT2D eigenvalue weighted by Gasteiger charge is -2.49. The Morgan fingerprint density at radius 1 is 0.548 bits per heavy atom. The fourth-order valence-corrected chi connectivity index (χ4v) is 14.9. The molecule has 3 aliphatic heterocycles. The van der Waals surface area contributed by atoms with Gasteiger partial charge < -0.3 is 0 Å². The molecule has 2 aromatic carbocycles. The van der Waals surface area contributed by atoms with E-state index in [1.807, 2.05) is 0 Å². The second kappa shape index (κ2) is 9.24. The Balaban J connectivity index is 1.45. The first kappa shape index (κ1) is 27.8. The first-order chi connectivity index (χ1) is 19.8. The number of benzene rings is 2. The minimum Gasteiger partial charge on any atom is -0.255 e. The number of piperazine rings is 1. The zero-order valence-electron chi connectivity index (χ0n) is 21.8. The molecule has 3 fully saturated rings. The van der Waals surface area contributed by atoms with Crippen molar-refractivity contribution in [1.29, 1.82) is 0 Å². The second-order valence-corrected chi connectivity index (χ2v) is 18.7. The highest BCUT2D eigenvalue weighted by Crippen LogP contribution is 2.44. The van der Waals surface area contributed by atoms with Gasteiger partial charge in [0.15, 0.2) is 19.7 Å². The summed E-state index contributed by atoms with van der Waals surface area (Å²) in [5, 5.41) is 1.05. The van der Waals surface area contributed by atoms with E-state index >= 15 is 0 Å². The van der Waals surface area contributed by atoms with Crippen molar-refractivity contribution in [3.63, 3.8) is 0 Å². The molecule has 0 aliphatic carbocycles. The van der Waals surface area contributed by atoms with E-state index in [2.05, 4.69) is 9.97 Å². The summed E-state index contributed by atoms with van der Waals surface area (Å²) in [5.74, 6) is -2.62. The van der Waals surface area contributed by atoms with E-state index in [-0.39, 0.29) is 20.8 Å². The van der Waals surface area contributed by atoms with Crippen LogP contribution in [0, 0.1) is 0 Å². The Kier molecular flexibility index (Phi) is 6.11. The number of nitrogens with zero attached hydrogens (tertiary/aromatic N) is 4. The number of aromatic nitrogens is 2. The van der Waals surface area contributed by atoms with E-state index in [1.54, 1.807) is 36.4 Å². The highest BCUT2D eigenvalue weighted by atomic mass is 32.2. The minimum absolute atomic E-state index is 0.145. The SMILES string of the molecule is O=S1(=O)C[C@@H]2[C@@H](C1)N(S(=O)(=O)c1cccc3cccnc13)[C@H]1CS(=O)(=O)C[C@H]1N2S(=O)(=O)c1cccc2cccnc12. The van der Waals surface area contributed by atoms with Crippen LogP contribution in [0.4, 0.5) is 0 Å². The Labute approximate surface area is 242 Å². The maximum absolute atomic E-state index is 14.4. The van der Waals surface area contributed by atoms with Crippen molar-refractivity contribution in [2.45, 2.75) is 34.0 Å². The molecule has 0 N–H and O–H groups in total. The third-order valence-electron chi connectivity index (χ3n) is 8.20. The van der Waals surface area contributed by atoms with Crippen LogP contribution >= 0.6 is 0 Å². The Morgan fingerprint density at radius 2 is 0.881 bits per heavy atom. The smallest absolute Gasteiger partial charge is 0.245 e. The second-order valence-electron chi connectivity index (χ2n) is 10.8. The van der Waals surface area contributed by atoms with E-state index in [0.717, 1.165) is 8.61 Å². The molecular formula is C26H24N4O8S4. The largest absolute Gasteiger partial charge is 0.255 e. The van der Waals surface area contributed by atoms with E-state index < -0.39 is 86.9 Å². The van der Waals surface area contributed by atoms with Gasteiger partial charge in [0.1, 0.15) is 9.79 Å². The topological polar surface area (TPSA) is 169 Å². The van der Waals surface area contributed by atoms with Gasteiger partial charge >= 0.3 is 0 Å². The summed E-state index contributed by atoms with van der Waals surface area (Å²) >= 11 is 0. The van der Waals surface area contributed by atoms with Crippen LogP contribution in [0.3, 0.4) is 0 Å². The Bertz CT molecular complexity index is 2020. The molecule has 5 heterocycles. The number of sulfone groups is 2. The van der Waals surface area contributed by atoms with Gasteiger partial charge in [-0.25, -0.2) is 33.7 Å². The highest BCUT2D eigenvalue weighted by Gasteiger charge is 2.64. The number of rotatable bonds is 4. The standard InChI is InChI=1S/C26H24N4O8S4/c31-39(32)13-19-21(15-39)30(42(37,38)24-10-2-6-18-8-4-12-28-26(18)24)22-16-40(33,34)14-20(22)29(19)41(35,36)23-9-1-5-17-7-3-11-27-25(17)23/h1-12,19-22H,13-16H2/t19-,20-,21-,22+/m1/s1. The predicted octanol–water partition coefficient (Wildman–Crippen LogP) is 0.809. The number of para-hydroxylation sites is 2. The summed E-state index contributed by atoms with van der Waals surface area (Å²) < 4.78 is 112. The molecule has 3 saturated heterocycles. The van der Waals surface area contributed by atoms with Gasteiger partial charge in [0.25, 0.3) is 0 Å². The van der Waals surface area contributed by atoms with Gasteiger partial charge in [-0.05, 0) is 24.3 Å². The van der Waals surface area contributed by atoms with Gasteiger partial charge in [0, 0.05) is 23.2 Å². The summed E-state index contributed by atoms with van der Waals surface area (Å²) in [6.07, 6.45) is 2.85. The number of fused-ring (bicyclic) bond motifs is 4. The molecule has 3 aliphatic rings. The summed E-state index contributed by atoms with van der Waals surface area (Å²) in [5.41, 5.74) is 0.290. The molecule has 0 radical (unpaired) electrons. The maximum atomic E-state index is 14.4. The van der Waals surface area contributed by atoms with Crippen LogP contribution in [0.1, 0.15) is 0 Å². The van der Waals surface area contributed by atoms with Gasteiger partial charge in [0.2, 0.25) is 20.0 Å². The molecule has 0 saturated carbocycles. The van der Waals surface area contributed by atoms with Crippen LogP contribution in [0.15, 0.2) is 82.8 Å². The molecule has 4 atom stereocenters. The molecule has 220 valence electrons. The number of sulfonamides is 2. The first-order valence-electron chi connectivity index (χ1n) is 13.0. The lowest BCUT2D eigenvalue weighted by Crippen LogP contribution is -2.69. The van der Waals surface area contributed by atoms with Crippen LogP contribution in [0.25, 0.3) is 21.8 Å². The van der Waals surface area contributed by atoms with Crippen molar-refractivity contribution < 1.29 is 33.7 Å². The fourth-order valence-electron chi connectivity index (χ4n) is 6.59. The molecule has 0 amide bonds. The first-order valence-corrected chi connectivity index (χ1v) is 19.5. The summed E-state index contributed by atoms with van der Waals surface area (Å²) in [4.78, 5) is 8.06. The van der Waals surface area contributed by atoms with E-state index in [1.165, 1.54) is 36.7 Å². The highest BCUT2D eigenvalue weighted by molar-refractivity contribution is 7.93. The molecule has 0 bridgehead atoms. The van der Waals surface area contributed by atoms with Gasteiger partial charge in [-0.3, -0.25) is 9.97 Å². The van der Waals surface area contributed by atoms with Crippen LogP contribution in [-0.4, -0.2) is 99.4 Å². The molecule has 0 spiro atoms. The van der Waals surface area contributed by atoms with Crippen molar-refractivity contribution in [1.82, 2.24) is 18.6 Å². The molecular weight excluding hydrogens is 625 g/mol. The van der Waals surface area contributed by atoms with Crippen molar-refractivity contribution >= 4 is 61.5 Å². The van der Waals surface area contributed by atoms with Gasteiger partial charge in [0.05, 0.1) is 58.2 Å². The quantitative estimate of drug-likeness (QED) is 0.309. The summed E-state index contributed by atoms with van der Waals surface area (Å²) in [6.45, 7) is 0. The maximum Gasteiger partial charge on any atom is 0.245 e. The van der Waals surface area contributed by atoms with Crippen molar-refractivity contribution in [2.24, 2.45) is 0 Å². The Morgan fingerprint density at radius 3 is 1.24 bits per heavy atom. The van der Waals surface area contributed by atoms with Crippen LogP contribution in [0.5, 0.6) is 0 Å². The number of pyridine rings is 2. The molecule has 42 heavy (non-hydrogen) atoms. The van der Waals surface area contributed by atoms with Crippen LogP contribution in [-0.2, 0) is 39.7 Å². The number of hydrogen-bond acceptors (Lipinski definition) is 10. The molecule has 16 heteroatoms. The minimum atomic E-state index is -4.56.